The largest absolute Gasteiger partial charge is 0.372 e. The Balaban J connectivity index is 2.87. The number of nitrogens with one attached hydrogen (secondary N) is 1. The van der Waals surface area contributed by atoms with Crippen LogP contribution >= 0.6 is 23.2 Å². The third-order valence-electron chi connectivity index (χ3n) is 1.97. The Bertz CT molecular complexity index is 389. The van der Waals surface area contributed by atoms with Crippen molar-refractivity contribution in [1.82, 2.24) is 0 Å². The highest BCUT2D eigenvalue weighted by atomic mass is 35.5. The summed E-state index contributed by atoms with van der Waals surface area (Å²) in [5, 5.41) is 2.21. The summed E-state index contributed by atoms with van der Waals surface area (Å²) in [4.78, 5) is 11.4. The second kappa shape index (κ2) is 5.48. The molecule has 0 bridgehead atoms. The number of methoxy groups -OCH3 is 1. The fourth-order valence-electron chi connectivity index (χ4n) is 0.979. The summed E-state index contributed by atoms with van der Waals surface area (Å²) in [5.74, 6) is -1.07. The van der Waals surface area contributed by atoms with Gasteiger partial charge in [0.2, 0.25) is 0 Å². The zero-order valence-corrected chi connectivity index (χ0v) is 10.2. The van der Waals surface area contributed by atoms with Crippen molar-refractivity contribution in [3.05, 3.63) is 28.0 Å². The zero-order chi connectivity index (χ0) is 12.3. The van der Waals surface area contributed by atoms with Gasteiger partial charge in [-0.25, -0.2) is 4.39 Å². The highest BCUT2D eigenvalue weighted by Crippen LogP contribution is 2.27. The fourth-order valence-corrected chi connectivity index (χ4v) is 1.47. The Labute approximate surface area is 102 Å². The van der Waals surface area contributed by atoms with Crippen molar-refractivity contribution >= 4 is 34.8 Å². The molecular formula is C10H10Cl2FNO2. The van der Waals surface area contributed by atoms with Crippen LogP contribution in [0.5, 0.6) is 0 Å². The lowest BCUT2D eigenvalue weighted by Gasteiger charge is -2.11. The minimum atomic E-state index is -0.707. The van der Waals surface area contributed by atoms with Gasteiger partial charge in [-0.1, -0.05) is 23.2 Å². The lowest BCUT2D eigenvalue weighted by atomic mass is 10.3. The van der Waals surface area contributed by atoms with Crippen molar-refractivity contribution in [2.45, 2.75) is 13.0 Å². The van der Waals surface area contributed by atoms with Gasteiger partial charge in [0.15, 0.2) is 5.82 Å². The van der Waals surface area contributed by atoms with Crippen molar-refractivity contribution in [2.24, 2.45) is 0 Å². The third kappa shape index (κ3) is 3.07. The molecule has 16 heavy (non-hydrogen) atoms. The first-order valence-electron chi connectivity index (χ1n) is 4.44. The second-order valence-corrected chi connectivity index (χ2v) is 3.94. The Morgan fingerprint density at radius 2 is 1.94 bits per heavy atom. The Morgan fingerprint density at radius 3 is 2.38 bits per heavy atom. The molecular weight excluding hydrogens is 256 g/mol. The van der Waals surface area contributed by atoms with Gasteiger partial charge in [-0.05, 0) is 19.1 Å². The van der Waals surface area contributed by atoms with E-state index < -0.39 is 11.9 Å². The molecule has 1 amide bonds. The van der Waals surface area contributed by atoms with Gasteiger partial charge in [-0.3, -0.25) is 4.79 Å². The van der Waals surface area contributed by atoms with Crippen LogP contribution in [0, 0.1) is 5.82 Å². The molecule has 0 aliphatic heterocycles. The molecule has 0 aliphatic carbocycles. The quantitative estimate of drug-likeness (QED) is 0.853. The Kier molecular flexibility index (Phi) is 4.53. The molecule has 3 nitrogen and oxygen atoms in total. The van der Waals surface area contributed by atoms with E-state index in [0.29, 0.717) is 5.69 Å². The highest BCUT2D eigenvalue weighted by molar-refractivity contribution is 6.35. The van der Waals surface area contributed by atoms with Gasteiger partial charge in [0.05, 0.1) is 10.0 Å². The number of amides is 1. The molecule has 1 atom stereocenters. The average Bonchev–Trinajstić information content (AvgIpc) is 2.24. The number of halogens is 3. The Morgan fingerprint density at radius 1 is 1.44 bits per heavy atom. The predicted molar refractivity (Wildman–Crippen MR) is 61.5 cm³/mol. The number of carbonyl (C=O) groups excluding carboxylic acids is 1. The van der Waals surface area contributed by atoms with Gasteiger partial charge >= 0.3 is 0 Å². The average molecular weight is 266 g/mol. The summed E-state index contributed by atoms with van der Waals surface area (Å²) >= 11 is 11.1. The smallest absolute Gasteiger partial charge is 0.253 e. The van der Waals surface area contributed by atoms with Gasteiger partial charge < -0.3 is 10.1 Å². The van der Waals surface area contributed by atoms with Gasteiger partial charge in [-0.2, -0.15) is 0 Å². The number of rotatable bonds is 3. The maximum atomic E-state index is 13.1. The molecule has 0 heterocycles. The number of hydrogen-bond donors (Lipinski definition) is 1. The van der Waals surface area contributed by atoms with E-state index in [4.69, 9.17) is 27.9 Å². The van der Waals surface area contributed by atoms with E-state index in [-0.39, 0.29) is 16.0 Å². The zero-order valence-electron chi connectivity index (χ0n) is 8.68. The molecule has 0 fully saturated rings. The highest BCUT2D eigenvalue weighted by Gasteiger charge is 2.14. The molecule has 0 aromatic heterocycles. The molecule has 0 spiro atoms. The third-order valence-corrected chi connectivity index (χ3v) is 2.52. The van der Waals surface area contributed by atoms with E-state index in [9.17, 15) is 9.18 Å². The Hall–Kier alpha value is -0.840. The molecule has 0 saturated carbocycles. The summed E-state index contributed by atoms with van der Waals surface area (Å²) in [7, 11) is 1.41. The van der Waals surface area contributed by atoms with Crippen LogP contribution in [0.15, 0.2) is 12.1 Å². The van der Waals surface area contributed by atoms with Crippen LogP contribution in [0.1, 0.15) is 6.92 Å². The maximum Gasteiger partial charge on any atom is 0.253 e. The van der Waals surface area contributed by atoms with Crippen LogP contribution in [0.4, 0.5) is 10.1 Å². The summed E-state index contributed by atoms with van der Waals surface area (Å²) in [5.41, 5.74) is 0.324. The lowest BCUT2D eigenvalue weighted by Crippen LogP contribution is -2.26. The molecule has 1 rings (SSSR count). The predicted octanol–water partition coefficient (Wildman–Crippen LogP) is 3.11. The maximum absolute atomic E-state index is 13.1. The van der Waals surface area contributed by atoms with E-state index >= 15 is 0 Å². The van der Waals surface area contributed by atoms with Crippen molar-refractivity contribution in [1.29, 1.82) is 0 Å². The number of benzene rings is 1. The summed E-state index contributed by atoms with van der Waals surface area (Å²) in [6, 6.07) is 2.56. The number of anilines is 1. The molecule has 1 unspecified atom stereocenters. The molecule has 1 aromatic carbocycles. The van der Waals surface area contributed by atoms with Crippen LogP contribution in [-0.4, -0.2) is 19.1 Å². The summed E-state index contributed by atoms with van der Waals surface area (Å²) in [6.45, 7) is 1.59. The first-order chi connectivity index (χ1) is 7.45. The summed E-state index contributed by atoms with van der Waals surface area (Å²) in [6.07, 6.45) is -0.609. The second-order valence-electron chi connectivity index (χ2n) is 3.12. The topological polar surface area (TPSA) is 38.3 Å². The van der Waals surface area contributed by atoms with Crippen LogP contribution in [0.25, 0.3) is 0 Å². The van der Waals surface area contributed by atoms with Crippen molar-refractivity contribution in [2.75, 3.05) is 12.4 Å². The number of hydrogen-bond acceptors (Lipinski definition) is 2. The minimum Gasteiger partial charge on any atom is -0.372 e. The van der Waals surface area contributed by atoms with E-state index in [2.05, 4.69) is 5.32 Å². The van der Waals surface area contributed by atoms with Gasteiger partial charge in [0, 0.05) is 12.8 Å². The molecule has 1 N–H and O–H groups in total. The SMILES string of the molecule is COC(C)C(=O)Nc1cc(Cl)c(F)c(Cl)c1. The van der Waals surface area contributed by atoms with Gasteiger partial charge in [0.25, 0.3) is 5.91 Å². The molecule has 0 radical (unpaired) electrons. The number of ether oxygens (including phenoxy) is 1. The van der Waals surface area contributed by atoms with E-state index in [1.54, 1.807) is 6.92 Å². The van der Waals surface area contributed by atoms with Crippen LogP contribution in [0.2, 0.25) is 10.0 Å². The summed E-state index contributed by atoms with van der Waals surface area (Å²) < 4.78 is 17.9. The first kappa shape index (κ1) is 13.2. The molecule has 0 aliphatic rings. The van der Waals surface area contributed by atoms with Crippen molar-refractivity contribution in [3.63, 3.8) is 0 Å². The van der Waals surface area contributed by atoms with Crippen LogP contribution in [-0.2, 0) is 9.53 Å². The first-order valence-corrected chi connectivity index (χ1v) is 5.19. The standard InChI is InChI=1S/C10H10Cl2FNO2/c1-5(16-2)10(15)14-6-3-7(11)9(13)8(12)4-6/h3-5H,1-2H3,(H,14,15). The van der Waals surface area contributed by atoms with Crippen LogP contribution < -0.4 is 5.32 Å². The molecule has 6 heteroatoms. The monoisotopic (exact) mass is 265 g/mol. The molecule has 0 saturated heterocycles. The lowest BCUT2D eigenvalue weighted by molar-refractivity contribution is -0.124. The molecule has 1 aromatic rings. The van der Waals surface area contributed by atoms with Gasteiger partial charge in [-0.15, -0.1) is 0 Å². The number of carbonyl (C=O) groups is 1. The van der Waals surface area contributed by atoms with Crippen molar-refractivity contribution < 1.29 is 13.9 Å². The van der Waals surface area contributed by atoms with E-state index in [0.717, 1.165) is 0 Å². The fraction of sp³-hybridized carbons (Fsp3) is 0.300. The normalized spacial score (nSPS) is 12.3. The molecule has 88 valence electrons. The van der Waals surface area contributed by atoms with Crippen LogP contribution in [0.3, 0.4) is 0 Å². The van der Waals surface area contributed by atoms with Gasteiger partial charge in [0.1, 0.15) is 6.10 Å². The minimum absolute atomic E-state index is 0.145. The van der Waals surface area contributed by atoms with E-state index in [1.807, 2.05) is 0 Å². The van der Waals surface area contributed by atoms with Crippen molar-refractivity contribution in [3.8, 4) is 0 Å². The van der Waals surface area contributed by atoms with E-state index in [1.165, 1.54) is 19.2 Å².